The number of halogens is 13. The Morgan fingerprint density at radius 1 is 0.636 bits per heavy atom. The molecule has 1 atom stereocenters. The van der Waals surface area contributed by atoms with Crippen molar-refractivity contribution in [2.75, 3.05) is 0 Å². The molecule has 0 fully saturated rings. The van der Waals surface area contributed by atoms with Crippen LogP contribution < -0.4 is 0 Å². The second-order valence-electron chi connectivity index (χ2n) is 3.05. The van der Waals surface area contributed by atoms with Crippen molar-refractivity contribution in [1.29, 1.82) is 0 Å². The molecule has 0 N–H and O–H groups in total. The van der Waals surface area contributed by atoms with Gasteiger partial charge >= 0.3 is 104 Å². The van der Waals surface area contributed by atoms with Gasteiger partial charge in [0, 0.05) is 0 Å². The normalized spacial score (nSPS) is 17.0. The van der Waals surface area contributed by atoms with Crippen molar-refractivity contribution in [3.63, 3.8) is 0 Å². The molecule has 0 spiro atoms. The molecule has 0 saturated carbocycles. The fourth-order valence-corrected chi connectivity index (χ4v) is 1.51. The fourth-order valence-electron chi connectivity index (χ4n) is 0.623. The molecular formula is C6CfF13O2. The van der Waals surface area contributed by atoms with Crippen molar-refractivity contribution in [3.8, 4) is 0 Å². The Labute approximate surface area is 106 Å². The van der Waals surface area contributed by atoms with Gasteiger partial charge in [-0.3, -0.25) is 0 Å². The summed E-state index contributed by atoms with van der Waals surface area (Å²) in [6.45, 7) is -3.00. The Morgan fingerprint density at radius 3 is 1.32 bits per heavy atom. The zero-order chi connectivity index (χ0) is 18.2. The van der Waals surface area contributed by atoms with Crippen molar-refractivity contribution in [2.24, 2.45) is 0 Å². The number of hydrogen-bond donors (Lipinski definition) is 0. The average Bonchev–Trinajstić information content (AvgIpc) is 2.22. The van der Waals surface area contributed by atoms with E-state index in [1.54, 1.807) is 4.74 Å². The molecule has 2 nitrogen and oxygen atoms in total. The molecule has 1 unspecified atom stereocenters. The summed E-state index contributed by atoms with van der Waals surface area (Å²) >= 11 is 0. The summed E-state index contributed by atoms with van der Waals surface area (Å²) in [5.41, 5.74) is 0. The summed E-state index contributed by atoms with van der Waals surface area (Å²) in [6.07, 6.45) is -27.8. The van der Waals surface area contributed by atoms with Crippen LogP contribution in [0.5, 0.6) is 0 Å². The molecular weight excluding hydrogens is 602 g/mol. The van der Waals surface area contributed by atoms with Crippen molar-refractivity contribution >= 4 is 6.93 Å². The first-order valence-corrected chi connectivity index (χ1v) is 6.50. The van der Waals surface area contributed by atoms with E-state index < -0.39 is 37.4 Å². The molecule has 137 valence electrons. The number of rotatable bonds is 5. The van der Waals surface area contributed by atoms with Crippen LogP contribution in [-0.4, -0.2) is 37.4 Å². The zero-order valence-electron chi connectivity index (χ0n) is 9.05. The number of hydrogen-bond acceptors (Lipinski definition) is 2. The summed E-state index contributed by atoms with van der Waals surface area (Å²) < 4.78 is 155. The van der Waals surface area contributed by atoms with E-state index >= 15 is 0 Å². The van der Waals surface area contributed by atoms with E-state index in [-0.39, 0.29) is 0 Å². The topological polar surface area (TPSA) is 18.5 Å². The molecule has 0 rings (SSSR count). The fraction of sp³-hybridized carbons (Fsp3) is 0.833. The molecule has 16 heteroatoms. The Bertz CT molecular complexity index is 421. The van der Waals surface area contributed by atoms with Crippen molar-refractivity contribution < 1.29 is 66.9 Å². The van der Waals surface area contributed by atoms with Crippen LogP contribution in [0, 0.1) is 0 Å². The third-order valence-corrected chi connectivity index (χ3v) is 2.85. The summed E-state index contributed by atoms with van der Waals surface area (Å²) in [7, 11) is 0. The first-order chi connectivity index (χ1) is 9.37. The van der Waals surface area contributed by atoms with Gasteiger partial charge < -0.3 is 0 Å². The van der Waals surface area contributed by atoms with Crippen molar-refractivity contribution in [3.05, 3.63) is 0 Å². The molecule has 0 aliphatic rings. The minimum atomic E-state index is -7.17. The first-order valence-electron chi connectivity index (χ1n) is 4.11. The van der Waals surface area contributed by atoms with Crippen LogP contribution in [0.15, 0.2) is 0 Å². The quantitative estimate of drug-likeness (QED) is 0.444. The van der Waals surface area contributed by atoms with Crippen LogP contribution >= 0.6 is 0 Å². The Balaban J connectivity index is 5.86. The van der Waals surface area contributed by atoms with Gasteiger partial charge in [0.25, 0.3) is 0 Å². The molecule has 0 aliphatic heterocycles. The standard InChI is InChI=1S/C5F11O2.CF2.Cf/c6-1(2(7,8)9,4(13,14)17)18-5(15,16)3(10,11)12;2-1-3;/q-1;;+1. The van der Waals surface area contributed by atoms with Crippen molar-refractivity contribution in [2.45, 2.75) is 30.4 Å². The van der Waals surface area contributed by atoms with Gasteiger partial charge in [0.05, 0.1) is 0 Å². The van der Waals surface area contributed by atoms with Crippen LogP contribution in [-0.2, 0) is 9.84 Å². The van der Waals surface area contributed by atoms with Crippen molar-refractivity contribution in [1.82, 2.24) is 0 Å². The van der Waals surface area contributed by atoms with Gasteiger partial charge in [-0.25, -0.2) is 0 Å². The third kappa shape index (κ3) is 3.75. The zero-order valence-corrected chi connectivity index (χ0v) is 11.7. The van der Waals surface area contributed by atoms with Crippen LogP contribution in [0.3, 0.4) is 0 Å². The van der Waals surface area contributed by atoms with Gasteiger partial charge in [-0.15, -0.1) is 0 Å². The molecule has 0 aliphatic carbocycles. The first kappa shape index (κ1) is 19.9. The molecule has 0 aromatic rings. The summed E-state index contributed by atoms with van der Waals surface area (Å²) in [5.74, 6) is -7.02. The maximum absolute atomic E-state index is 13.1. The van der Waals surface area contributed by atoms with Gasteiger partial charge in [-0.1, -0.05) is 0 Å². The second-order valence-corrected chi connectivity index (χ2v) is 5.12. The van der Waals surface area contributed by atoms with E-state index in [4.69, 9.17) is 0 Å². The monoisotopic (exact) mass is 600 g/mol. The molecule has 22 heavy (non-hydrogen) atoms. The van der Waals surface area contributed by atoms with Gasteiger partial charge in [-0.05, 0) is 0 Å². The average molecular weight is 602 g/mol. The molecule has 0 bridgehead atoms. The summed E-state index contributed by atoms with van der Waals surface area (Å²) in [6, 6.07) is 0. The molecule has 0 radical (unpaired) electrons. The Morgan fingerprint density at radius 2 is 1.05 bits per heavy atom. The maximum atomic E-state index is 13.1. The van der Waals surface area contributed by atoms with Gasteiger partial charge in [0.1, 0.15) is 0 Å². The van der Waals surface area contributed by atoms with Crippen LogP contribution in [0.25, 0.3) is 0 Å². The molecule has 0 aromatic heterocycles. The number of alkyl halides is 11. The van der Waals surface area contributed by atoms with Crippen LogP contribution in [0.2, 0.25) is 0 Å². The van der Waals surface area contributed by atoms with Crippen LogP contribution in [0.1, 0.15) is 0 Å². The van der Waals surface area contributed by atoms with Gasteiger partial charge in [0.2, 0.25) is 0 Å². The van der Waals surface area contributed by atoms with E-state index in [0.29, 0.717) is 0 Å². The van der Waals surface area contributed by atoms with Gasteiger partial charge in [-0.2, -0.15) is 0 Å². The van der Waals surface area contributed by atoms with E-state index in [1.807, 2.05) is 0 Å². The Hall–Kier alpha value is -2.12. The summed E-state index contributed by atoms with van der Waals surface area (Å²) in [5, 5.41) is 2.55. The predicted octanol–water partition coefficient (Wildman–Crippen LogP) is 4.02. The Kier molecular flexibility index (Phi) is 4.75. The number of ether oxygens (including phenoxy) is 1. The molecule has 0 aromatic carbocycles. The summed E-state index contributed by atoms with van der Waals surface area (Å²) in [4.78, 5) is 0. The minimum absolute atomic E-state index is 1.60. The molecule has 0 saturated heterocycles. The van der Waals surface area contributed by atoms with E-state index in [0.717, 1.165) is 0 Å². The van der Waals surface area contributed by atoms with Gasteiger partial charge in [0.15, 0.2) is 0 Å². The SMILES string of the molecule is F[C](F)=[Cf][O]C(F)(F)C(F)(OC(F)(F)C(F)(F)F)C(F)(F)F. The van der Waals surface area contributed by atoms with Crippen LogP contribution in [0.4, 0.5) is 57.1 Å². The predicted molar refractivity (Wildman–Crippen MR) is 35.2 cm³/mol. The van der Waals surface area contributed by atoms with E-state index in [1.165, 1.54) is 0 Å². The van der Waals surface area contributed by atoms with E-state index in [2.05, 4.69) is 5.11 Å². The third-order valence-electron chi connectivity index (χ3n) is 1.50. The second kappa shape index (κ2) is 5.26. The molecule has 0 heterocycles. The van der Waals surface area contributed by atoms with E-state index in [9.17, 15) is 57.1 Å². The molecule has 0 amide bonds.